The number of carboxylic acid groups (broad SMARTS) is 1. The van der Waals surface area contributed by atoms with Crippen molar-refractivity contribution in [1.29, 1.82) is 0 Å². The summed E-state index contributed by atoms with van der Waals surface area (Å²) in [5.74, 6) is -0.878. The Morgan fingerprint density at radius 2 is 2.21 bits per heavy atom. The second-order valence-electron chi connectivity index (χ2n) is 4.54. The van der Waals surface area contributed by atoms with Crippen molar-refractivity contribution < 1.29 is 19.4 Å². The van der Waals surface area contributed by atoms with Crippen molar-refractivity contribution in [3.63, 3.8) is 0 Å². The maximum absolute atomic E-state index is 12.2. The lowest BCUT2D eigenvalue weighted by molar-refractivity contribution is -0.142. The van der Waals surface area contributed by atoms with E-state index >= 15 is 0 Å². The van der Waals surface area contributed by atoms with Crippen LogP contribution in [0.1, 0.15) is 31.2 Å². The Bertz CT molecular complexity index is 486. The maximum atomic E-state index is 12.2. The molecule has 5 heteroatoms. The molecule has 1 aromatic rings. The predicted octanol–water partition coefficient (Wildman–Crippen LogP) is 1.53. The monoisotopic (exact) mass is 263 g/mol. The van der Waals surface area contributed by atoms with Gasteiger partial charge in [-0.25, -0.2) is 4.79 Å². The van der Waals surface area contributed by atoms with Gasteiger partial charge in [-0.2, -0.15) is 0 Å². The van der Waals surface area contributed by atoms with Crippen molar-refractivity contribution in [1.82, 2.24) is 5.32 Å². The molecular weight excluding hydrogens is 246 g/mol. The first-order valence-corrected chi connectivity index (χ1v) is 6.38. The van der Waals surface area contributed by atoms with Crippen LogP contribution in [0.25, 0.3) is 0 Å². The zero-order valence-corrected chi connectivity index (χ0v) is 10.8. The van der Waals surface area contributed by atoms with Gasteiger partial charge in [0.15, 0.2) is 0 Å². The highest BCUT2D eigenvalue weighted by molar-refractivity contribution is 5.88. The number of carboxylic acids is 1. The Balaban J connectivity index is 2.15. The molecule has 1 heterocycles. The molecule has 0 aromatic heterocycles. The number of benzene rings is 1. The molecule has 1 aliphatic heterocycles. The number of hydrogen-bond donors (Lipinski definition) is 2. The number of carbonyl (C=O) groups is 2. The first-order valence-electron chi connectivity index (χ1n) is 6.38. The fourth-order valence-electron chi connectivity index (χ4n) is 2.23. The number of ether oxygens (including phenoxy) is 1. The summed E-state index contributed by atoms with van der Waals surface area (Å²) in [6.45, 7) is 2.20. The van der Waals surface area contributed by atoms with E-state index in [1.807, 2.05) is 24.3 Å². The molecule has 0 aliphatic carbocycles. The lowest BCUT2D eigenvalue weighted by Crippen LogP contribution is -2.43. The second-order valence-corrected chi connectivity index (χ2v) is 4.54. The van der Waals surface area contributed by atoms with Crippen molar-refractivity contribution in [2.75, 3.05) is 6.61 Å². The third-order valence-electron chi connectivity index (χ3n) is 3.30. The van der Waals surface area contributed by atoms with Crippen LogP contribution >= 0.6 is 0 Å². The van der Waals surface area contributed by atoms with Crippen LogP contribution in [0.15, 0.2) is 24.3 Å². The van der Waals surface area contributed by atoms with Crippen LogP contribution in [0.3, 0.4) is 0 Å². The Morgan fingerprint density at radius 3 is 2.89 bits per heavy atom. The number of fused-ring (bicyclic) bond motifs is 1. The van der Waals surface area contributed by atoms with Gasteiger partial charge in [-0.15, -0.1) is 0 Å². The molecule has 0 spiro atoms. The molecule has 0 bridgehead atoms. The Morgan fingerprint density at radius 1 is 1.47 bits per heavy atom. The summed E-state index contributed by atoms with van der Waals surface area (Å²) < 4.78 is 5.49. The van der Waals surface area contributed by atoms with Crippen LogP contribution in [0.4, 0.5) is 0 Å². The Labute approximate surface area is 111 Å². The molecular formula is C14H17NO4. The summed E-state index contributed by atoms with van der Waals surface area (Å²) in [5, 5.41) is 11.6. The summed E-state index contributed by atoms with van der Waals surface area (Å²) in [5.41, 5.74) is 0.825. The van der Waals surface area contributed by atoms with Crippen LogP contribution in [0.2, 0.25) is 0 Å². The topological polar surface area (TPSA) is 75.6 Å². The fraction of sp³-hybridized carbons (Fsp3) is 0.429. The summed E-state index contributed by atoms with van der Waals surface area (Å²) in [4.78, 5) is 23.2. The zero-order valence-electron chi connectivity index (χ0n) is 10.8. The molecule has 1 aliphatic rings. The van der Waals surface area contributed by atoms with E-state index in [0.29, 0.717) is 25.2 Å². The highest BCUT2D eigenvalue weighted by Crippen LogP contribution is 2.33. The molecule has 0 radical (unpaired) electrons. The van der Waals surface area contributed by atoms with Crippen molar-refractivity contribution >= 4 is 11.9 Å². The van der Waals surface area contributed by atoms with E-state index in [1.54, 1.807) is 6.92 Å². The minimum atomic E-state index is -1.00. The zero-order chi connectivity index (χ0) is 13.8. The van der Waals surface area contributed by atoms with Crippen LogP contribution < -0.4 is 10.1 Å². The van der Waals surface area contributed by atoms with Gasteiger partial charge in [-0.05, 0) is 18.9 Å². The minimum Gasteiger partial charge on any atom is -0.493 e. The summed E-state index contributed by atoms with van der Waals surface area (Å²) in [6.07, 6.45) is 0.935. The van der Waals surface area contributed by atoms with E-state index in [0.717, 1.165) is 5.56 Å². The molecule has 19 heavy (non-hydrogen) atoms. The maximum Gasteiger partial charge on any atom is 0.326 e. The quantitative estimate of drug-likeness (QED) is 0.863. The highest BCUT2D eigenvalue weighted by atomic mass is 16.5. The SMILES string of the molecule is CC[C@H](NC(=O)C1CCOc2ccccc21)C(=O)O. The summed E-state index contributed by atoms with van der Waals surface area (Å²) >= 11 is 0. The number of nitrogens with one attached hydrogen (secondary N) is 1. The largest absolute Gasteiger partial charge is 0.493 e. The van der Waals surface area contributed by atoms with Gasteiger partial charge in [0.1, 0.15) is 11.8 Å². The van der Waals surface area contributed by atoms with Crippen LogP contribution in [-0.2, 0) is 9.59 Å². The summed E-state index contributed by atoms with van der Waals surface area (Å²) in [7, 11) is 0. The van der Waals surface area contributed by atoms with E-state index in [4.69, 9.17) is 9.84 Å². The number of aliphatic carboxylic acids is 1. The van der Waals surface area contributed by atoms with Gasteiger partial charge in [-0.3, -0.25) is 4.79 Å². The van der Waals surface area contributed by atoms with E-state index in [9.17, 15) is 9.59 Å². The van der Waals surface area contributed by atoms with Crippen molar-refractivity contribution in [2.45, 2.75) is 31.7 Å². The van der Waals surface area contributed by atoms with Crippen LogP contribution in [0.5, 0.6) is 5.75 Å². The first-order chi connectivity index (χ1) is 9.13. The lowest BCUT2D eigenvalue weighted by Gasteiger charge is -2.26. The number of para-hydroxylation sites is 1. The number of amides is 1. The summed E-state index contributed by atoms with van der Waals surface area (Å²) in [6, 6.07) is 6.54. The standard InChI is InChI=1S/C14H17NO4/c1-2-11(14(17)18)15-13(16)10-7-8-19-12-6-4-3-5-9(10)12/h3-6,10-11H,2,7-8H2,1H3,(H,15,16)(H,17,18)/t10?,11-/m0/s1. The average molecular weight is 263 g/mol. The van der Waals surface area contributed by atoms with Gasteiger partial charge in [-0.1, -0.05) is 25.1 Å². The van der Waals surface area contributed by atoms with Gasteiger partial charge >= 0.3 is 5.97 Å². The molecule has 0 saturated carbocycles. The van der Waals surface area contributed by atoms with Gasteiger partial charge < -0.3 is 15.2 Å². The van der Waals surface area contributed by atoms with Crippen molar-refractivity contribution in [3.05, 3.63) is 29.8 Å². The van der Waals surface area contributed by atoms with Gasteiger partial charge in [0, 0.05) is 5.56 Å². The van der Waals surface area contributed by atoms with Crippen molar-refractivity contribution in [2.24, 2.45) is 0 Å². The third kappa shape index (κ3) is 2.86. The number of hydrogen-bond acceptors (Lipinski definition) is 3. The van der Waals surface area contributed by atoms with E-state index in [2.05, 4.69) is 5.32 Å². The van der Waals surface area contributed by atoms with Crippen LogP contribution in [0, 0.1) is 0 Å². The molecule has 5 nitrogen and oxygen atoms in total. The molecule has 1 aromatic carbocycles. The molecule has 0 fully saturated rings. The average Bonchev–Trinajstić information content (AvgIpc) is 2.43. The van der Waals surface area contributed by atoms with Gasteiger partial charge in [0.2, 0.25) is 5.91 Å². The smallest absolute Gasteiger partial charge is 0.326 e. The van der Waals surface area contributed by atoms with E-state index in [-0.39, 0.29) is 11.8 Å². The molecule has 2 N–H and O–H groups in total. The molecule has 2 rings (SSSR count). The van der Waals surface area contributed by atoms with E-state index in [1.165, 1.54) is 0 Å². The number of carbonyl (C=O) groups excluding carboxylic acids is 1. The molecule has 0 saturated heterocycles. The molecule has 102 valence electrons. The lowest BCUT2D eigenvalue weighted by atomic mass is 9.92. The second kappa shape index (κ2) is 5.73. The normalized spacial score (nSPS) is 18.9. The molecule has 2 atom stereocenters. The van der Waals surface area contributed by atoms with E-state index < -0.39 is 12.0 Å². The predicted molar refractivity (Wildman–Crippen MR) is 69.2 cm³/mol. The molecule has 1 amide bonds. The van der Waals surface area contributed by atoms with Gasteiger partial charge in [0.05, 0.1) is 12.5 Å². The fourth-order valence-corrected chi connectivity index (χ4v) is 2.23. The van der Waals surface area contributed by atoms with Gasteiger partial charge in [0.25, 0.3) is 0 Å². The Kier molecular flexibility index (Phi) is 4.04. The highest BCUT2D eigenvalue weighted by Gasteiger charge is 2.29. The molecule has 1 unspecified atom stereocenters. The third-order valence-corrected chi connectivity index (χ3v) is 3.30. The van der Waals surface area contributed by atoms with Crippen LogP contribution in [-0.4, -0.2) is 29.6 Å². The minimum absolute atomic E-state index is 0.245. The Hall–Kier alpha value is -2.04. The number of rotatable bonds is 4. The first kappa shape index (κ1) is 13.4. The van der Waals surface area contributed by atoms with Crippen molar-refractivity contribution in [3.8, 4) is 5.75 Å².